The fourth-order valence-electron chi connectivity index (χ4n) is 5.85. The van der Waals surface area contributed by atoms with Gasteiger partial charge in [-0.2, -0.15) is 0 Å². The molecule has 9 nitrogen and oxygen atoms in total. The molecule has 0 saturated carbocycles. The third-order valence-electron chi connectivity index (χ3n) is 7.82. The summed E-state index contributed by atoms with van der Waals surface area (Å²) < 4.78 is 27.0. The smallest absolute Gasteiger partial charge is 0.550 e. The van der Waals surface area contributed by atoms with Gasteiger partial charge in [0.1, 0.15) is 11.5 Å². The van der Waals surface area contributed by atoms with Crippen molar-refractivity contribution in [2.75, 3.05) is 14.2 Å². The number of carbonyl (C=O) groups is 2. The number of methoxy groups -OCH3 is 2. The zero-order valence-electron chi connectivity index (χ0n) is 27.5. The maximum atomic E-state index is 14.3. The van der Waals surface area contributed by atoms with Gasteiger partial charge < -0.3 is 39.5 Å². The maximum absolute atomic E-state index is 14.3. The van der Waals surface area contributed by atoms with E-state index in [0.717, 1.165) is 16.8 Å². The minimum Gasteiger partial charge on any atom is -0.550 e. The van der Waals surface area contributed by atoms with Crippen LogP contribution in [0.25, 0.3) is 22.3 Å². The number of carboxylic acids is 1. The molecule has 1 amide bonds. The van der Waals surface area contributed by atoms with Gasteiger partial charge in [-0.15, -0.1) is 0 Å². The fraction of sp³-hybridized carbons (Fsp3) is 0.333. The standard InChI is InChI=1S/C36H41FN2O7.Na/c1-22(2)39-29(18-17-27(40)19-28(41)20-31(42)43)32(24-13-15-26(37)16-14-24)33(23-9-6-5-7-10-23)34(39)36(44)38-21-25-11-8-12-30(45-3)35(25)46-4;/h5-16,22,27-28,40-41H,17-21H2,1-4H3,(H,38,44)(H,42,43);/q;+1/p-1/t27-,28-;/m1./s1. The molecule has 47 heavy (non-hydrogen) atoms. The van der Waals surface area contributed by atoms with Gasteiger partial charge in [0.25, 0.3) is 5.91 Å². The van der Waals surface area contributed by atoms with Crippen LogP contribution >= 0.6 is 0 Å². The second kappa shape index (κ2) is 17.5. The maximum Gasteiger partial charge on any atom is 1.00 e. The number of hydrogen-bond donors (Lipinski definition) is 3. The number of carbonyl (C=O) groups excluding carboxylic acids is 2. The van der Waals surface area contributed by atoms with Gasteiger partial charge in [0.05, 0.1) is 26.4 Å². The number of aliphatic hydroxyl groups excluding tert-OH is 2. The van der Waals surface area contributed by atoms with Gasteiger partial charge in [-0.05, 0) is 62.4 Å². The summed E-state index contributed by atoms with van der Waals surface area (Å²) in [4.78, 5) is 25.3. The van der Waals surface area contributed by atoms with Crippen LogP contribution in [0.5, 0.6) is 11.5 Å². The molecule has 0 aliphatic rings. The number of aromatic nitrogens is 1. The number of amides is 1. The average Bonchev–Trinajstić information content (AvgIpc) is 3.38. The van der Waals surface area contributed by atoms with E-state index in [1.165, 1.54) is 19.2 Å². The van der Waals surface area contributed by atoms with E-state index < -0.39 is 30.4 Å². The summed E-state index contributed by atoms with van der Waals surface area (Å²) >= 11 is 0. The molecule has 0 aliphatic heterocycles. The van der Waals surface area contributed by atoms with E-state index in [0.29, 0.717) is 33.9 Å². The summed E-state index contributed by atoms with van der Waals surface area (Å²) in [5.41, 5.74) is 4.67. The molecule has 4 aromatic rings. The summed E-state index contributed by atoms with van der Waals surface area (Å²) in [7, 11) is 3.08. The molecule has 11 heteroatoms. The monoisotopic (exact) mass is 654 g/mol. The van der Waals surface area contributed by atoms with Crippen molar-refractivity contribution in [3.8, 4) is 33.8 Å². The number of carboxylic acid groups (broad SMARTS) is 1. The Balaban J connectivity index is 0.00000600. The van der Waals surface area contributed by atoms with Gasteiger partial charge in [0.15, 0.2) is 11.5 Å². The molecule has 2 atom stereocenters. The van der Waals surface area contributed by atoms with Gasteiger partial charge in [0.2, 0.25) is 0 Å². The predicted molar refractivity (Wildman–Crippen MR) is 171 cm³/mol. The second-order valence-electron chi connectivity index (χ2n) is 11.4. The van der Waals surface area contributed by atoms with Gasteiger partial charge in [-0.3, -0.25) is 4.79 Å². The number of hydrogen-bond acceptors (Lipinski definition) is 7. The summed E-state index contributed by atoms with van der Waals surface area (Å²) in [6.45, 7) is 4.05. The van der Waals surface area contributed by atoms with Crippen molar-refractivity contribution < 1.29 is 68.3 Å². The van der Waals surface area contributed by atoms with Crippen LogP contribution in [-0.4, -0.2) is 53.1 Å². The van der Waals surface area contributed by atoms with E-state index in [-0.39, 0.29) is 67.3 Å². The summed E-state index contributed by atoms with van der Waals surface area (Å²) in [6, 6.07) is 20.7. The minimum atomic E-state index is -1.40. The van der Waals surface area contributed by atoms with Crippen LogP contribution in [0.3, 0.4) is 0 Å². The van der Waals surface area contributed by atoms with Crippen LogP contribution in [0.2, 0.25) is 0 Å². The Bertz CT molecular complexity index is 1640. The third kappa shape index (κ3) is 9.24. The van der Waals surface area contributed by atoms with Crippen LogP contribution in [0.4, 0.5) is 4.39 Å². The Morgan fingerprint density at radius 3 is 2.15 bits per heavy atom. The van der Waals surface area contributed by atoms with E-state index in [9.17, 15) is 29.3 Å². The van der Waals surface area contributed by atoms with Crippen LogP contribution < -0.4 is 49.5 Å². The normalized spacial score (nSPS) is 12.3. The van der Waals surface area contributed by atoms with Crippen molar-refractivity contribution in [1.82, 2.24) is 9.88 Å². The molecule has 244 valence electrons. The summed E-state index contributed by atoms with van der Waals surface area (Å²) in [5.74, 6) is -1.11. The van der Waals surface area contributed by atoms with E-state index in [1.54, 1.807) is 25.3 Å². The molecule has 3 N–H and O–H groups in total. The number of nitrogens with zero attached hydrogens (tertiary/aromatic N) is 1. The summed E-state index contributed by atoms with van der Waals surface area (Å²) in [6.07, 6.45) is -2.57. The molecular formula is C36H40FN2NaO7. The van der Waals surface area contributed by atoms with Crippen molar-refractivity contribution in [2.24, 2.45) is 0 Å². The zero-order chi connectivity index (χ0) is 33.4. The van der Waals surface area contributed by atoms with E-state index in [1.807, 2.05) is 60.9 Å². The topological polar surface area (TPSA) is 133 Å². The third-order valence-corrected chi connectivity index (χ3v) is 7.82. The molecule has 0 unspecified atom stereocenters. The molecule has 1 aromatic heterocycles. The zero-order valence-corrected chi connectivity index (χ0v) is 29.5. The first-order valence-electron chi connectivity index (χ1n) is 15.2. The molecule has 1 heterocycles. The van der Waals surface area contributed by atoms with Gasteiger partial charge in [-0.25, -0.2) is 4.39 Å². The predicted octanol–water partition coefficient (Wildman–Crippen LogP) is 1.68. The number of halogens is 1. The first-order valence-corrected chi connectivity index (χ1v) is 15.2. The number of rotatable bonds is 15. The molecule has 0 bridgehead atoms. The molecule has 3 aromatic carbocycles. The molecule has 0 fully saturated rings. The molecule has 4 rings (SSSR count). The Hall–Kier alpha value is -3.67. The van der Waals surface area contributed by atoms with Crippen molar-refractivity contribution in [1.29, 1.82) is 0 Å². The second-order valence-corrected chi connectivity index (χ2v) is 11.4. The molecule has 0 saturated heterocycles. The Kier molecular flexibility index (Phi) is 14.0. The van der Waals surface area contributed by atoms with E-state index in [4.69, 9.17) is 9.47 Å². The quantitative estimate of drug-likeness (QED) is 0.166. The number of nitrogens with one attached hydrogen (secondary N) is 1. The van der Waals surface area contributed by atoms with Gasteiger partial charge in [-0.1, -0.05) is 54.6 Å². The van der Waals surface area contributed by atoms with Gasteiger partial charge in [0, 0.05) is 47.4 Å². The number of aliphatic hydroxyl groups is 2. The molecule has 0 aliphatic carbocycles. The molecule has 0 radical (unpaired) electrons. The van der Waals surface area contributed by atoms with Gasteiger partial charge >= 0.3 is 29.6 Å². The fourth-order valence-corrected chi connectivity index (χ4v) is 5.85. The number of benzene rings is 3. The number of para-hydroxylation sites is 1. The Labute approximate surface area is 296 Å². The van der Waals surface area contributed by atoms with Crippen LogP contribution in [0, 0.1) is 5.82 Å². The van der Waals surface area contributed by atoms with Crippen LogP contribution in [0.1, 0.15) is 60.9 Å². The Morgan fingerprint density at radius 1 is 0.894 bits per heavy atom. The first-order chi connectivity index (χ1) is 22.0. The van der Waals surface area contributed by atoms with Crippen molar-refractivity contribution in [3.05, 3.63) is 95.6 Å². The van der Waals surface area contributed by atoms with Crippen LogP contribution in [-0.2, 0) is 17.8 Å². The minimum absolute atomic E-state index is 0. The largest absolute Gasteiger partial charge is 1.00 e. The molecular weight excluding hydrogens is 614 g/mol. The summed E-state index contributed by atoms with van der Waals surface area (Å²) in [5, 5.41) is 34.9. The SMILES string of the molecule is COc1cccc(CNC(=O)c2c(-c3ccccc3)c(-c3ccc(F)cc3)c(CC[C@@H](O)C[C@@H](O)CC(=O)[O-])n2C(C)C)c1OC.[Na+]. The van der Waals surface area contributed by atoms with E-state index >= 15 is 0 Å². The van der Waals surface area contributed by atoms with Crippen molar-refractivity contribution in [3.63, 3.8) is 0 Å². The number of aliphatic carboxylic acids is 1. The Morgan fingerprint density at radius 2 is 1.55 bits per heavy atom. The van der Waals surface area contributed by atoms with E-state index in [2.05, 4.69) is 5.32 Å². The molecule has 0 spiro atoms. The number of ether oxygens (including phenoxy) is 2. The first kappa shape index (κ1) is 37.8. The van der Waals surface area contributed by atoms with Crippen molar-refractivity contribution >= 4 is 11.9 Å². The van der Waals surface area contributed by atoms with Crippen molar-refractivity contribution in [2.45, 2.75) is 64.3 Å². The van der Waals surface area contributed by atoms with Crippen LogP contribution in [0.15, 0.2) is 72.8 Å². The average molecular weight is 655 g/mol.